The van der Waals surface area contributed by atoms with Gasteiger partial charge in [0.05, 0.1) is 0 Å². The Hall–Kier alpha value is 0.920. The van der Waals surface area contributed by atoms with Crippen molar-refractivity contribution in [3.63, 3.8) is 0 Å². The zero-order valence-corrected chi connectivity index (χ0v) is 8.02. The maximum absolute atomic E-state index is 5.47. The van der Waals surface area contributed by atoms with Crippen molar-refractivity contribution in [1.82, 2.24) is 0 Å². The van der Waals surface area contributed by atoms with Crippen LogP contribution in [-0.2, 0) is 0 Å². The van der Waals surface area contributed by atoms with Gasteiger partial charge in [0.2, 0.25) is 0 Å². The molecular weight excluding hydrogens is 113 g/mol. The Balaban J connectivity index is -0.000000125. The summed E-state index contributed by atoms with van der Waals surface area (Å²) in [5, 5.41) is 0. The van der Waals surface area contributed by atoms with Crippen molar-refractivity contribution >= 4 is 0 Å². The number of hydrogen-bond donors (Lipinski definition) is 1. The summed E-state index contributed by atoms with van der Waals surface area (Å²) in [5.41, 5.74) is 5.47. The van der Waals surface area contributed by atoms with Crippen LogP contribution in [-0.4, -0.2) is 11.5 Å². The van der Waals surface area contributed by atoms with Gasteiger partial charge < -0.3 is 11.2 Å². The zero-order valence-electron chi connectivity index (χ0n) is 6.02. The predicted molar refractivity (Wildman–Crippen MR) is 30.5 cm³/mol. The van der Waals surface area contributed by atoms with Crippen LogP contribution in [0.4, 0.5) is 0 Å². The molecule has 0 aliphatic rings. The average molecular weight is 127 g/mol. The van der Waals surface area contributed by atoms with E-state index in [1.165, 1.54) is 0 Å². The van der Waals surface area contributed by atoms with E-state index in [1.54, 1.807) is 0 Å². The molecule has 0 atom stereocenters. The molecule has 0 spiro atoms. The Morgan fingerprint density at radius 3 is 1.50 bits per heavy atom. The molecule has 3 N–H and O–H groups in total. The van der Waals surface area contributed by atoms with E-state index in [-0.39, 0.29) is 35.0 Å². The van der Waals surface area contributed by atoms with E-state index in [1.807, 2.05) is 0 Å². The Morgan fingerprint density at radius 1 is 1.25 bits per heavy atom. The van der Waals surface area contributed by atoms with E-state index in [4.69, 9.17) is 5.73 Å². The summed E-state index contributed by atoms with van der Waals surface area (Å²) in [7, 11) is 0. The molecule has 0 aliphatic heterocycles. The Bertz CT molecular complexity index is 31.6. The first-order chi connectivity index (χ1) is 2.81. The van der Waals surface area contributed by atoms with Crippen LogP contribution in [0, 0.1) is 0 Å². The SMILES string of the molecule is CCC(N)CC.[Na+].[OH-]. The first-order valence-electron chi connectivity index (χ1n) is 2.56. The maximum atomic E-state index is 5.47. The second kappa shape index (κ2) is 10.8. The largest absolute Gasteiger partial charge is 1.00 e. The summed E-state index contributed by atoms with van der Waals surface area (Å²) >= 11 is 0. The number of hydrogen-bond acceptors (Lipinski definition) is 2. The molecule has 0 fully saturated rings. The summed E-state index contributed by atoms with van der Waals surface area (Å²) in [4.78, 5) is 0. The quantitative estimate of drug-likeness (QED) is 0.434. The summed E-state index contributed by atoms with van der Waals surface area (Å²) in [6.07, 6.45) is 2.22. The second-order valence-corrected chi connectivity index (χ2v) is 1.58. The van der Waals surface area contributed by atoms with Gasteiger partial charge in [-0.3, -0.25) is 0 Å². The molecule has 0 rings (SSSR count). The smallest absolute Gasteiger partial charge is 0.870 e. The van der Waals surface area contributed by atoms with E-state index in [2.05, 4.69) is 13.8 Å². The van der Waals surface area contributed by atoms with Crippen LogP contribution in [0.2, 0.25) is 0 Å². The standard InChI is InChI=1S/C5H13N.Na.H2O/c1-3-5(6)4-2;;/h5H,3-4,6H2,1-2H3;;1H2/q;+1;/p-1. The Morgan fingerprint density at radius 2 is 1.50 bits per heavy atom. The zero-order chi connectivity index (χ0) is 4.99. The van der Waals surface area contributed by atoms with Crippen LogP contribution in [0.5, 0.6) is 0 Å². The molecule has 0 saturated heterocycles. The van der Waals surface area contributed by atoms with Crippen molar-refractivity contribution in [1.29, 1.82) is 0 Å². The van der Waals surface area contributed by atoms with E-state index in [9.17, 15) is 0 Å². The Kier molecular flexibility index (Phi) is 21.6. The third kappa shape index (κ3) is 10.0. The van der Waals surface area contributed by atoms with Crippen LogP contribution in [0.25, 0.3) is 0 Å². The fourth-order valence-corrected chi connectivity index (χ4v) is 0.289. The van der Waals surface area contributed by atoms with Crippen molar-refractivity contribution in [2.24, 2.45) is 5.73 Å². The molecule has 3 heteroatoms. The van der Waals surface area contributed by atoms with Gasteiger partial charge >= 0.3 is 29.6 Å². The van der Waals surface area contributed by atoms with E-state index in [0.29, 0.717) is 6.04 Å². The molecule has 0 aromatic heterocycles. The van der Waals surface area contributed by atoms with Crippen molar-refractivity contribution in [2.75, 3.05) is 0 Å². The van der Waals surface area contributed by atoms with E-state index >= 15 is 0 Å². The monoisotopic (exact) mass is 127 g/mol. The maximum Gasteiger partial charge on any atom is 1.00 e. The van der Waals surface area contributed by atoms with Gasteiger partial charge in [-0.1, -0.05) is 13.8 Å². The molecule has 0 bridgehead atoms. The second-order valence-electron chi connectivity index (χ2n) is 1.58. The fraction of sp³-hybridized carbons (Fsp3) is 1.00. The minimum atomic E-state index is 0. The van der Waals surface area contributed by atoms with Crippen molar-refractivity contribution in [3.05, 3.63) is 0 Å². The van der Waals surface area contributed by atoms with Gasteiger partial charge in [-0.25, -0.2) is 0 Å². The number of nitrogens with two attached hydrogens (primary N) is 1. The summed E-state index contributed by atoms with van der Waals surface area (Å²) in [6, 6.07) is 0.435. The van der Waals surface area contributed by atoms with Crippen LogP contribution in [0.1, 0.15) is 26.7 Å². The summed E-state index contributed by atoms with van der Waals surface area (Å²) in [6.45, 7) is 4.21. The predicted octanol–water partition coefficient (Wildman–Crippen LogP) is -2.04. The Labute approximate surface area is 73.4 Å². The molecule has 0 heterocycles. The topological polar surface area (TPSA) is 56.0 Å². The minimum absolute atomic E-state index is 0. The fourth-order valence-electron chi connectivity index (χ4n) is 0.289. The van der Waals surface area contributed by atoms with Crippen LogP contribution >= 0.6 is 0 Å². The van der Waals surface area contributed by atoms with Gasteiger partial charge in [0.15, 0.2) is 0 Å². The van der Waals surface area contributed by atoms with Crippen LogP contribution in [0.15, 0.2) is 0 Å². The molecule has 0 aromatic carbocycles. The molecule has 2 nitrogen and oxygen atoms in total. The molecule has 46 valence electrons. The first-order valence-corrected chi connectivity index (χ1v) is 2.56. The molecular formula is C5H14NNaO. The summed E-state index contributed by atoms with van der Waals surface area (Å²) < 4.78 is 0. The molecule has 0 unspecified atom stereocenters. The van der Waals surface area contributed by atoms with Crippen molar-refractivity contribution < 1.29 is 35.0 Å². The van der Waals surface area contributed by atoms with E-state index < -0.39 is 0 Å². The molecule has 0 amide bonds. The van der Waals surface area contributed by atoms with Crippen molar-refractivity contribution in [2.45, 2.75) is 32.7 Å². The molecule has 0 aromatic rings. The first kappa shape index (κ1) is 16.0. The molecule has 0 radical (unpaired) electrons. The van der Waals surface area contributed by atoms with Crippen LogP contribution < -0.4 is 35.3 Å². The van der Waals surface area contributed by atoms with Gasteiger partial charge in [0.1, 0.15) is 0 Å². The van der Waals surface area contributed by atoms with Crippen molar-refractivity contribution in [3.8, 4) is 0 Å². The van der Waals surface area contributed by atoms with Crippen LogP contribution in [0.3, 0.4) is 0 Å². The van der Waals surface area contributed by atoms with Gasteiger partial charge in [-0.2, -0.15) is 0 Å². The summed E-state index contributed by atoms with van der Waals surface area (Å²) in [5.74, 6) is 0. The van der Waals surface area contributed by atoms with Gasteiger partial charge in [0, 0.05) is 6.04 Å². The van der Waals surface area contributed by atoms with Gasteiger partial charge in [-0.15, -0.1) is 0 Å². The van der Waals surface area contributed by atoms with Gasteiger partial charge in [-0.05, 0) is 12.8 Å². The van der Waals surface area contributed by atoms with Gasteiger partial charge in [0.25, 0.3) is 0 Å². The average Bonchev–Trinajstić information content (AvgIpc) is 1.65. The molecule has 0 saturated carbocycles. The molecule has 8 heavy (non-hydrogen) atoms. The molecule has 0 aliphatic carbocycles. The van der Waals surface area contributed by atoms with E-state index in [0.717, 1.165) is 12.8 Å². The normalized spacial score (nSPS) is 7.50. The number of rotatable bonds is 2. The third-order valence-electron chi connectivity index (χ3n) is 1.05. The minimum Gasteiger partial charge on any atom is -0.870 e. The third-order valence-corrected chi connectivity index (χ3v) is 1.05.